The Morgan fingerprint density at radius 3 is 2.50 bits per heavy atom. The van der Waals surface area contributed by atoms with E-state index in [1.807, 2.05) is 54.8 Å². The number of rotatable bonds is 6. The highest BCUT2D eigenvalue weighted by molar-refractivity contribution is 6.11. The number of benzene rings is 1. The Labute approximate surface area is 186 Å². The lowest BCUT2D eigenvalue weighted by Gasteiger charge is -2.40. The highest BCUT2D eigenvalue weighted by atomic mass is 16.5. The van der Waals surface area contributed by atoms with Crippen LogP contribution in [0.1, 0.15) is 27.7 Å². The maximum atomic E-state index is 13.4. The molecular formula is C22H27N5O5. The van der Waals surface area contributed by atoms with Gasteiger partial charge in [-0.15, -0.1) is 0 Å². The number of urea groups is 1. The Kier molecular flexibility index (Phi) is 5.53. The second kappa shape index (κ2) is 8.18. The van der Waals surface area contributed by atoms with Gasteiger partial charge in [-0.1, -0.05) is 12.1 Å². The van der Waals surface area contributed by atoms with Crippen LogP contribution in [-0.2, 0) is 14.3 Å². The van der Waals surface area contributed by atoms with Crippen LogP contribution >= 0.6 is 0 Å². The average molecular weight is 441 g/mol. The van der Waals surface area contributed by atoms with Crippen molar-refractivity contribution in [3.05, 3.63) is 35.7 Å². The van der Waals surface area contributed by atoms with Gasteiger partial charge in [-0.2, -0.15) is 0 Å². The molecule has 4 rings (SSSR count). The summed E-state index contributed by atoms with van der Waals surface area (Å²) in [5.74, 6) is 0.142. The topological polar surface area (TPSA) is 95.0 Å². The summed E-state index contributed by atoms with van der Waals surface area (Å²) in [6.45, 7) is 7.70. The Balaban J connectivity index is 1.72. The number of aliphatic imine (C=N–C) groups is 1. The number of likely N-dealkylation sites (N-methyl/N-ethyl adjacent to an activating group) is 1. The minimum atomic E-state index is -0.763. The van der Waals surface area contributed by atoms with Crippen molar-refractivity contribution in [2.45, 2.75) is 39.9 Å². The van der Waals surface area contributed by atoms with Gasteiger partial charge in [-0.25, -0.2) is 9.79 Å². The third kappa shape index (κ3) is 3.17. The number of anilines is 1. The SMILES string of the molecule is CCOC(=O)CN1C(=O)C2C(N=C3N(c4ccccc4OCC)C(C)=C(C)N32)N(C)C1=O. The predicted molar refractivity (Wildman–Crippen MR) is 117 cm³/mol. The minimum absolute atomic E-state index is 0.172. The van der Waals surface area contributed by atoms with Crippen LogP contribution in [0.3, 0.4) is 0 Å². The lowest BCUT2D eigenvalue weighted by Crippen LogP contribution is -2.65. The van der Waals surface area contributed by atoms with Crippen molar-refractivity contribution in [2.75, 3.05) is 31.7 Å². The molecule has 3 aliphatic heterocycles. The second-order valence-corrected chi connectivity index (χ2v) is 7.69. The number of fused-ring (bicyclic) bond motifs is 3. The number of carbonyl (C=O) groups excluding carboxylic acids is 3. The Morgan fingerprint density at radius 2 is 1.81 bits per heavy atom. The number of para-hydroxylation sites is 2. The molecule has 3 aliphatic rings. The van der Waals surface area contributed by atoms with Crippen LogP contribution in [-0.4, -0.2) is 77.6 Å². The zero-order chi connectivity index (χ0) is 23.2. The number of allylic oxidation sites excluding steroid dienone is 2. The number of hydrogen-bond donors (Lipinski definition) is 0. The number of esters is 1. The molecule has 1 aromatic carbocycles. The number of carbonyl (C=O) groups is 3. The number of nitrogens with zero attached hydrogens (tertiary/aromatic N) is 5. The van der Waals surface area contributed by atoms with Crippen LogP contribution in [0.25, 0.3) is 0 Å². The van der Waals surface area contributed by atoms with Crippen molar-refractivity contribution >= 4 is 29.6 Å². The quantitative estimate of drug-likeness (QED) is 0.623. The van der Waals surface area contributed by atoms with Crippen molar-refractivity contribution in [3.8, 4) is 5.75 Å². The average Bonchev–Trinajstić information content (AvgIpc) is 3.26. The van der Waals surface area contributed by atoms with E-state index in [1.165, 1.54) is 4.90 Å². The Morgan fingerprint density at radius 1 is 1.09 bits per heavy atom. The molecule has 0 N–H and O–H groups in total. The van der Waals surface area contributed by atoms with E-state index in [9.17, 15) is 14.4 Å². The van der Waals surface area contributed by atoms with Crippen molar-refractivity contribution in [1.82, 2.24) is 14.7 Å². The molecule has 2 atom stereocenters. The molecule has 0 spiro atoms. The number of hydrogen-bond acceptors (Lipinski definition) is 8. The van der Waals surface area contributed by atoms with Crippen LogP contribution in [0.15, 0.2) is 40.7 Å². The number of imide groups is 1. The summed E-state index contributed by atoms with van der Waals surface area (Å²) >= 11 is 0. The summed E-state index contributed by atoms with van der Waals surface area (Å²) in [6.07, 6.45) is -0.701. The molecule has 0 aliphatic carbocycles. The van der Waals surface area contributed by atoms with E-state index in [1.54, 1.807) is 14.0 Å². The zero-order valence-electron chi connectivity index (χ0n) is 18.9. The first-order valence-electron chi connectivity index (χ1n) is 10.6. The summed E-state index contributed by atoms with van der Waals surface area (Å²) in [5, 5.41) is 0. The summed E-state index contributed by atoms with van der Waals surface area (Å²) in [4.78, 5) is 49.2. The van der Waals surface area contributed by atoms with Crippen LogP contribution in [0, 0.1) is 0 Å². The fraction of sp³-hybridized carbons (Fsp3) is 0.455. The molecule has 170 valence electrons. The van der Waals surface area contributed by atoms with Gasteiger partial charge < -0.3 is 14.4 Å². The van der Waals surface area contributed by atoms with Gasteiger partial charge in [0.2, 0.25) is 5.96 Å². The van der Waals surface area contributed by atoms with E-state index in [-0.39, 0.29) is 6.61 Å². The van der Waals surface area contributed by atoms with Gasteiger partial charge in [-0.3, -0.25) is 24.3 Å². The van der Waals surface area contributed by atoms with E-state index in [4.69, 9.17) is 14.5 Å². The maximum Gasteiger partial charge on any atom is 0.328 e. The molecule has 1 fully saturated rings. The summed E-state index contributed by atoms with van der Waals surface area (Å²) in [5.41, 5.74) is 2.55. The van der Waals surface area contributed by atoms with E-state index in [0.717, 1.165) is 22.0 Å². The van der Waals surface area contributed by atoms with Crippen LogP contribution in [0.5, 0.6) is 5.75 Å². The first-order valence-corrected chi connectivity index (χ1v) is 10.6. The van der Waals surface area contributed by atoms with Gasteiger partial charge in [0, 0.05) is 18.4 Å². The highest BCUT2D eigenvalue weighted by Gasteiger charge is 2.56. The van der Waals surface area contributed by atoms with E-state index < -0.39 is 36.7 Å². The predicted octanol–water partition coefficient (Wildman–Crippen LogP) is 1.98. The van der Waals surface area contributed by atoms with Crippen LogP contribution < -0.4 is 9.64 Å². The molecule has 1 saturated heterocycles. The number of ether oxygens (including phenoxy) is 2. The van der Waals surface area contributed by atoms with Crippen LogP contribution in [0.4, 0.5) is 10.5 Å². The zero-order valence-corrected chi connectivity index (χ0v) is 18.9. The van der Waals surface area contributed by atoms with E-state index in [0.29, 0.717) is 18.3 Å². The van der Waals surface area contributed by atoms with Gasteiger partial charge in [0.05, 0.1) is 18.9 Å². The molecule has 0 saturated carbocycles. The van der Waals surface area contributed by atoms with Crippen molar-refractivity contribution < 1.29 is 23.9 Å². The largest absolute Gasteiger partial charge is 0.492 e. The lowest BCUT2D eigenvalue weighted by atomic mass is 10.1. The van der Waals surface area contributed by atoms with E-state index >= 15 is 0 Å². The molecule has 3 heterocycles. The van der Waals surface area contributed by atoms with E-state index in [2.05, 4.69) is 0 Å². The lowest BCUT2D eigenvalue weighted by molar-refractivity contribution is -0.150. The summed E-state index contributed by atoms with van der Waals surface area (Å²) < 4.78 is 10.8. The fourth-order valence-corrected chi connectivity index (χ4v) is 4.30. The van der Waals surface area contributed by atoms with Crippen molar-refractivity contribution in [3.63, 3.8) is 0 Å². The van der Waals surface area contributed by atoms with Crippen molar-refractivity contribution in [1.29, 1.82) is 0 Å². The second-order valence-electron chi connectivity index (χ2n) is 7.69. The van der Waals surface area contributed by atoms with Crippen LogP contribution in [0.2, 0.25) is 0 Å². The molecule has 2 unspecified atom stereocenters. The first kappa shape index (κ1) is 21.7. The van der Waals surface area contributed by atoms with Gasteiger partial charge in [0.15, 0.2) is 12.2 Å². The molecular weight excluding hydrogens is 414 g/mol. The van der Waals surface area contributed by atoms with Gasteiger partial charge in [0.1, 0.15) is 12.3 Å². The number of guanidine groups is 1. The summed E-state index contributed by atoms with van der Waals surface area (Å²) in [6, 6.07) is 6.28. The fourth-order valence-electron chi connectivity index (χ4n) is 4.30. The Bertz CT molecular complexity index is 1040. The first-order chi connectivity index (χ1) is 15.3. The summed E-state index contributed by atoms with van der Waals surface area (Å²) in [7, 11) is 1.58. The molecule has 0 radical (unpaired) electrons. The molecule has 10 nitrogen and oxygen atoms in total. The van der Waals surface area contributed by atoms with Crippen molar-refractivity contribution in [2.24, 2.45) is 4.99 Å². The molecule has 10 heteroatoms. The molecule has 0 bridgehead atoms. The number of amides is 3. The van der Waals surface area contributed by atoms with Gasteiger partial charge in [0.25, 0.3) is 5.91 Å². The third-order valence-corrected chi connectivity index (χ3v) is 5.89. The standard InChI is InChI=1S/C22H27N5O5/c1-6-31-16-11-9-8-10-15(16)26-13(3)14(4)27-18-19(23-21(26)27)24(5)22(30)25(20(18)29)12-17(28)32-7-2/h8-11,18-19H,6-7,12H2,1-5H3. The third-order valence-electron chi connectivity index (χ3n) is 5.89. The van der Waals surface area contributed by atoms with Gasteiger partial charge >= 0.3 is 12.0 Å². The monoisotopic (exact) mass is 441 g/mol. The normalized spacial score (nSPS) is 22.3. The molecule has 3 amide bonds. The molecule has 32 heavy (non-hydrogen) atoms. The highest BCUT2D eigenvalue weighted by Crippen LogP contribution is 2.42. The van der Waals surface area contributed by atoms with Gasteiger partial charge in [-0.05, 0) is 39.8 Å². The molecule has 1 aromatic rings. The minimum Gasteiger partial charge on any atom is -0.492 e. The molecule has 0 aromatic heterocycles. The Hall–Kier alpha value is -3.56. The maximum absolute atomic E-state index is 13.4. The smallest absolute Gasteiger partial charge is 0.328 e.